The average Bonchev–Trinajstić information content (AvgIpc) is 3.39. The van der Waals surface area contributed by atoms with E-state index in [1.807, 2.05) is 106 Å². The molecular weight excluding hydrogens is 490 g/mol. The van der Waals surface area contributed by atoms with E-state index in [0.717, 1.165) is 11.3 Å². The third-order valence-electron chi connectivity index (χ3n) is 6.28. The molecule has 2 amide bonds. The Kier molecular flexibility index (Phi) is 9.45. The number of carbonyl (C=O) groups is 2. The van der Waals surface area contributed by atoms with Gasteiger partial charge in [-0.15, -0.1) is 5.10 Å². The van der Waals surface area contributed by atoms with E-state index in [2.05, 4.69) is 15.6 Å². The van der Waals surface area contributed by atoms with E-state index in [0.29, 0.717) is 31.0 Å². The van der Waals surface area contributed by atoms with Crippen LogP contribution < -0.4 is 10.1 Å². The molecule has 2 atom stereocenters. The summed E-state index contributed by atoms with van der Waals surface area (Å²) in [6, 6.07) is 27.5. The first-order chi connectivity index (χ1) is 18.9. The smallest absolute Gasteiger partial charge is 0.254 e. The first-order valence-corrected chi connectivity index (χ1v) is 13.2. The number of carbonyl (C=O) groups excluding carboxylic acids is 2. The molecule has 0 aliphatic rings. The highest BCUT2D eigenvalue weighted by Crippen LogP contribution is 2.19. The Labute approximate surface area is 229 Å². The van der Waals surface area contributed by atoms with E-state index in [1.54, 1.807) is 21.7 Å². The van der Waals surface area contributed by atoms with Crippen LogP contribution in [0.2, 0.25) is 0 Å². The Bertz CT molecular complexity index is 1330. The molecule has 4 rings (SSSR count). The molecule has 1 heterocycles. The number of aromatic nitrogens is 3. The zero-order valence-electron chi connectivity index (χ0n) is 22.6. The van der Waals surface area contributed by atoms with Gasteiger partial charge in [-0.2, -0.15) is 0 Å². The normalized spacial score (nSPS) is 12.5. The Balaban J connectivity index is 1.44. The Morgan fingerprint density at radius 1 is 0.897 bits per heavy atom. The molecule has 1 aromatic heterocycles. The molecule has 0 aliphatic carbocycles. The fourth-order valence-corrected chi connectivity index (χ4v) is 4.45. The largest absolute Gasteiger partial charge is 0.487 e. The lowest BCUT2D eigenvalue weighted by atomic mass is 9.98. The van der Waals surface area contributed by atoms with Crippen LogP contribution in [0.3, 0.4) is 0 Å². The molecule has 3 aromatic carbocycles. The summed E-state index contributed by atoms with van der Waals surface area (Å²) in [6.45, 7) is 6.89. The molecule has 0 spiro atoms. The van der Waals surface area contributed by atoms with Crippen LogP contribution in [-0.2, 0) is 24.5 Å². The molecule has 0 saturated carbocycles. The van der Waals surface area contributed by atoms with Gasteiger partial charge in [-0.25, -0.2) is 0 Å². The number of hydrogen-bond donors (Lipinski definition) is 1. The third kappa shape index (κ3) is 7.77. The van der Waals surface area contributed by atoms with Crippen molar-refractivity contribution in [3.8, 4) is 5.75 Å². The summed E-state index contributed by atoms with van der Waals surface area (Å²) in [6.07, 6.45) is 1.81. The van der Waals surface area contributed by atoms with Gasteiger partial charge in [0, 0.05) is 18.2 Å². The minimum atomic E-state index is -0.661. The van der Waals surface area contributed by atoms with Crippen molar-refractivity contribution in [2.24, 2.45) is 5.92 Å². The number of amides is 2. The molecule has 0 aliphatic heterocycles. The highest BCUT2D eigenvalue weighted by atomic mass is 16.5. The number of hydrogen-bond acceptors (Lipinski definition) is 5. The van der Waals surface area contributed by atoms with E-state index in [4.69, 9.17) is 4.74 Å². The van der Waals surface area contributed by atoms with E-state index in [9.17, 15) is 9.59 Å². The second-order valence-corrected chi connectivity index (χ2v) is 9.92. The third-order valence-corrected chi connectivity index (χ3v) is 6.28. The number of para-hydroxylation sites is 1. The fourth-order valence-electron chi connectivity index (χ4n) is 4.45. The Morgan fingerprint density at radius 3 is 2.15 bits per heavy atom. The van der Waals surface area contributed by atoms with Crippen molar-refractivity contribution in [1.82, 2.24) is 25.2 Å². The SMILES string of the molecule is CC(C)C(C(=O)N[C@@H](C)Cn1cc(COc2ccccc2)nn1)N(Cc1ccccc1)C(=O)c1ccccc1. The lowest BCUT2D eigenvalue weighted by molar-refractivity contribution is -0.128. The van der Waals surface area contributed by atoms with Crippen LogP contribution in [0.1, 0.15) is 42.4 Å². The van der Waals surface area contributed by atoms with Crippen molar-refractivity contribution in [3.05, 3.63) is 114 Å². The second kappa shape index (κ2) is 13.4. The first kappa shape index (κ1) is 27.6. The molecule has 0 fully saturated rings. The highest BCUT2D eigenvalue weighted by Gasteiger charge is 2.33. The van der Waals surface area contributed by atoms with Gasteiger partial charge in [-0.1, -0.05) is 85.8 Å². The van der Waals surface area contributed by atoms with Gasteiger partial charge < -0.3 is 15.0 Å². The zero-order chi connectivity index (χ0) is 27.6. The Hall–Kier alpha value is -4.46. The van der Waals surface area contributed by atoms with Crippen molar-refractivity contribution in [2.75, 3.05) is 0 Å². The molecule has 0 radical (unpaired) electrons. The summed E-state index contributed by atoms with van der Waals surface area (Å²) < 4.78 is 7.43. The van der Waals surface area contributed by atoms with Gasteiger partial charge in [-0.05, 0) is 42.7 Å². The summed E-state index contributed by atoms with van der Waals surface area (Å²) in [5.74, 6) is 0.268. The van der Waals surface area contributed by atoms with Crippen LogP contribution in [0.4, 0.5) is 0 Å². The lowest BCUT2D eigenvalue weighted by Crippen LogP contribution is -2.54. The van der Waals surface area contributed by atoms with E-state index in [1.165, 1.54) is 0 Å². The van der Waals surface area contributed by atoms with Crippen molar-refractivity contribution < 1.29 is 14.3 Å². The molecule has 202 valence electrons. The minimum absolute atomic E-state index is 0.110. The standard InChI is InChI=1S/C31H35N5O3/c1-23(2)29(36(20-25-13-7-4-8-14-25)31(38)26-15-9-5-10-16-26)30(37)32-24(3)19-35-21-27(33-34-35)22-39-28-17-11-6-12-18-28/h4-18,21,23-24,29H,19-20,22H2,1-3H3,(H,32,37)/t24-,29?/m0/s1. The van der Waals surface area contributed by atoms with E-state index < -0.39 is 6.04 Å². The second-order valence-electron chi connectivity index (χ2n) is 9.92. The van der Waals surface area contributed by atoms with Gasteiger partial charge >= 0.3 is 0 Å². The van der Waals surface area contributed by atoms with Crippen molar-refractivity contribution >= 4 is 11.8 Å². The van der Waals surface area contributed by atoms with Crippen molar-refractivity contribution in [2.45, 2.75) is 52.6 Å². The molecule has 8 nitrogen and oxygen atoms in total. The molecular formula is C31H35N5O3. The van der Waals surface area contributed by atoms with Crippen LogP contribution in [-0.4, -0.2) is 43.8 Å². The van der Waals surface area contributed by atoms with Gasteiger partial charge in [-0.3, -0.25) is 14.3 Å². The van der Waals surface area contributed by atoms with Gasteiger partial charge in [0.15, 0.2) is 0 Å². The number of ether oxygens (including phenoxy) is 1. The predicted molar refractivity (Wildman–Crippen MR) is 150 cm³/mol. The number of nitrogens with one attached hydrogen (secondary N) is 1. The summed E-state index contributed by atoms with van der Waals surface area (Å²) in [5.41, 5.74) is 2.20. The molecule has 1 unspecified atom stereocenters. The topological polar surface area (TPSA) is 89.3 Å². The number of rotatable bonds is 12. The lowest BCUT2D eigenvalue weighted by Gasteiger charge is -2.34. The molecule has 0 bridgehead atoms. The van der Waals surface area contributed by atoms with E-state index in [-0.39, 0.29) is 23.8 Å². The quantitative estimate of drug-likeness (QED) is 0.289. The van der Waals surface area contributed by atoms with Crippen LogP contribution >= 0.6 is 0 Å². The van der Waals surface area contributed by atoms with Gasteiger partial charge in [0.1, 0.15) is 24.1 Å². The van der Waals surface area contributed by atoms with Gasteiger partial charge in [0.05, 0.1) is 12.7 Å². The average molecular weight is 526 g/mol. The van der Waals surface area contributed by atoms with Crippen LogP contribution in [0.5, 0.6) is 5.75 Å². The molecule has 1 N–H and O–H groups in total. The highest BCUT2D eigenvalue weighted by molar-refractivity contribution is 5.97. The predicted octanol–water partition coefficient (Wildman–Crippen LogP) is 4.73. The zero-order valence-corrected chi connectivity index (χ0v) is 22.6. The van der Waals surface area contributed by atoms with Crippen LogP contribution in [0.25, 0.3) is 0 Å². The summed E-state index contributed by atoms with van der Waals surface area (Å²) in [5, 5.41) is 11.5. The maximum Gasteiger partial charge on any atom is 0.254 e. The Morgan fingerprint density at radius 2 is 1.51 bits per heavy atom. The summed E-state index contributed by atoms with van der Waals surface area (Å²) >= 11 is 0. The van der Waals surface area contributed by atoms with Gasteiger partial charge in [0.2, 0.25) is 5.91 Å². The molecule has 39 heavy (non-hydrogen) atoms. The van der Waals surface area contributed by atoms with E-state index >= 15 is 0 Å². The molecule has 8 heteroatoms. The first-order valence-electron chi connectivity index (χ1n) is 13.2. The van der Waals surface area contributed by atoms with Crippen molar-refractivity contribution in [1.29, 1.82) is 0 Å². The fraction of sp³-hybridized carbons (Fsp3) is 0.290. The summed E-state index contributed by atoms with van der Waals surface area (Å²) in [4.78, 5) is 29.0. The maximum absolute atomic E-state index is 13.7. The monoisotopic (exact) mass is 525 g/mol. The molecule has 4 aromatic rings. The minimum Gasteiger partial charge on any atom is -0.487 e. The van der Waals surface area contributed by atoms with Crippen LogP contribution in [0.15, 0.2) is 97.2 Å². The van der Waals surface area contributed by atoms with Gasteiger partial charge in [0.25, 0.3) is 5.91 Å². The molecule has 0 saturated heterocycles. The number of benzene rings is 3. The number of nitrogens with zero attached hydrogens (tertiary/aromatic N) is 4. The van der Waals surface area contributed by atoms with Crippen LogP contribution in [0, 0.1) is 5.92 Å². The maximum atomic E-state index is 13.7. The summed E-state index contributed by atoms with van der Waals surface area (Å²) in [7, 11) is 0. The van der Waals surface area contributed by atoms with Crippen molar-refractivity contribution in [3.63, 3.8) is 0 Å².